The summed E-state index contributed by atoms with van der Waals surface area (Å²) < 4.78 is 1.21. The number of aliphatic hydroxyl groups is 1. The van der Waals surface area contributed by atoms with Crippen LogP contribution in [0.4, 0.5) is 0 Å². The summed E-state index contributed by atoms with van der Waals surface area (Å²) in [6.07, 6.45) is -1.28. The van der Waals surface area contributed by atoms with Gasteiger partial charge in [0.1, 0.15) is 11.8 Å². The van der Waals surface area contributed by atoms with Gasteiger partial charge in [0, 0.05) is 27.9 Å². The van der Waals surface area contributed by atoms with Crippen LogP contribution in [0.3, 0.4) is 0 Å². The van der Waals surface area contributed by atoms with Crippen LogP contribution in [0.5, 0.6) is 5.75 Å². The van der Waals surface area contributed by atoms with E-state index in [9.17, 15) is 24.6 Å². The third-order valence-electron chi connectivity index (χ3n) is 8.03. The summed E-state index contributed by atoms with van der Waals surface area (Å²) >= 11 is 8.10. The number of rotatable bonds is 8. The van der Waals surface area contributed by atoms with Gasteiger partial charge in [-0.15, -0.1) is 22.9 Å². The average molecular weight is 648 g/mol. The molecular formula is C35H38ClN3O5S. The molecule has 0 bridgehead atoms. The zero-order valence-electron chi connectivity index (χ0n) is 25.7. The largest absolute Gasteiger partial charge is 0.508 e. The van der Waals surface area contributed by atoms with Crippen molar-refractivity contribution in [3.63, 3.8) is 0 Å². The van der Waals surface area contributed by atoms with Crippen molar-refractivity contribution in [3.05, 3.63) is 88.8 Å². The fraction of sp³-hybridized carbons (Fsp3) is 0.343. The Morgan fingerprint density at radius 3 is 2.47 bits per heavy atom. The molecule has 8 nitrogen and oxygen atoms in total. The Kier molecular flexibility index (Phi) is 9.53. The molecule has 10 heteroatoms. The van der Waals surface area contributed by atoms with E-state index >= 15 is 0 Å². The third kappa shape index (κ3) is 7.49. The number of nitrogens with one attached hydrogen (secondary N) is 2. The second-order valence-electron chi connectivity index (χ2n) is 12.6. The standard InChI is InChI=1S/C35H38ClN3O5S/c1-20-26(6-5-7-29(20)40)32(42)37-27(31(41)34(44)39-19-25(36)18-28(39)33(43)38-35(2,3)4)16-21-8-10-22(11-9-21)23-12-13-30-24(17-23)14-15-45-30/h5-15,17,25,27-28,31,40-41H,16,18-19H2,1-4H3,(H,37,42)(H,38,43)/t25-,27-,28-,31-/m0/s1. The summed E-state index contributed by atoms with van der Waals surface area (Å²) in [6.45, 7) is 7.25. The van der Waals surface area contributed by atoms with Crippen molar-refractivity contribution in [1.29, 1.82) is 0 Å². The van der Waals surface area contributed by atoms with Crippen molar-refractivity contribution in [3.8, 4) is 16.9 Å². The first-order valence-corrected chi connectivity index (χ1v) is 16.2. The number of carbonyl (C=O) groups is 3. The van der Waals surface area contributed by atoms with E-state index in [1.165, 1.54) is 21.1 Å². The van der Waals surface area contributed by atoms with Gasteiger partial charge in [-0.2, -0.15) is 0 Å². The molecule has 1 saturated heterocycles. The topological polar surface area (TPSA) is 119 Å². The molecule has 0 aliphatic carbocycles. The minimum absolute atomic E-state index is 0.0371. The summed E-state index contributed by atoms with van der Waals surface area (Å²) in [4.78, 5) is 41.7. The molecule has 2 heterocycles. The van der Waals surface area contributed by atoms with Crippen LogP contribution in [-0.4, -0.2) is 68.5 Å². The number of nitrogens with zero attached hydrogens (tertiary/aromatic N) is 1. The number of hydrogen-bond donors (Lipinski definition) is 4. The van der Waals surface area contributed by atoms with Crippen LogP contribution in [0.2, 0.25) is 0 Å². The van der Waals surface area contributed by atoms with Crippen molar-refractivity contribution in [2.24, 2.45) is 0 Å². The number of benzene rings is 3. The number of likely N-dealkylation sites (tertiary alicyclic amines) is 1. The minimum atomic E-state index is -1.67. The second kappa shape index (κ2) is 13.2. The van der Waals surface area contributed by atoms with Crippen LogP contribution in [0.25, 0.3) is 21.2 Å². The van der Waals surface area contributed by atoms with Crippen LogP contribution in [0.1, 0.15) is 48.7 Å². The van der Waals surface area contributed by atoms with Crippen LogP contribution in [0, 0.1) is 6.92 Å². The summed E-state index contributed by atoms with van der Waals surface area (Å²) in [5.74, 6) is -1.62. The van der Waals surface area contributed by atoms with Gasteiger partial charge in [0.05, 0.1) is 11.4 Å². The Morgan fingerprint density at radius 2 is 1.76 bits per heavy atom. The summed E-state index contributed by atoms with van der Waals surface area (Å²) in [7, 11) is 0. The van der Waals surface area contributed by atoms with Gasteiger partial charge in [0.15, 0.2) is 6.10 Å². The fourth-order valence-electron chi connectivity index (χ4n) is 5.66. The summed E-state index contributed by atoms with van der Waals surface area (Å²) in [5, 5.41) is 30.2. The number of hydrogen-bond acceptors (Lipinski definition) is 6. The number of alkyl halides is 1. The van der Waals surface area contributed by atoms with Crippen LogP contribution < -0.4 is 10.6 Å². The first-order chi connectivity index (χ1) is 21.3. The van der Waals surface area contributed by atoms with E-state index in [1.54, 1.807) is 30.4 Å². The monoisotopic (exact) mass is 647 g/mol. The molecular weight excluding hydrogens is 610 g/mol. The predicted molar refractivity (Wildman–Crippen MR) is 179 cm³/mol. The molecule has 45 heavy (non-hydrogen) atoms. The van der Waals surface area contributed by atoms with E-state index in [0.29, 0.717) is 5.56 Å². The molecule has 1 fully saturated rings. The van der Waals surface area contributed by atoms with Gasteiger partial charge in [-0.1, -0.05) is 36.4 Å². The molecule has 0 saturated carbocycles. The van der Waals surface area contributed by atoms with Crippen molar-refractivity contribution in [2.75, 3.05) is 6.54 Å². The Labute approximate surface area is 272 Å². The Hall–Kier alpha value is -3.92. The summed E-state index contributed by atoms with van der Waals surface area (Å²) in [5.41, 5.74) is 2.95. The molecule has 4 atom stereocenters. The van der Waals surface area contributed by atoms with E-state index in [1.807, 2.05) is 45.0 Å². The van der Waals surface area contributed by atoms with Crippen molar-refractivity contribution in [1.82, 2.24) is 15.5 Å². The Morgan fingerprint density at radius 1 is 1.04 bits per heavy atom. The van der Waals surface area contributed by atoms with Gasteiger partial charge in [-0.3, -0.25) is 14.4 Å². The van der Waals surface area contributed by atoms with Crippen molar-refractivity contribution >= 4 is 50.7 Å². The number of halogens is 1. The van der Waals surface area contributed by atoms with E-state index in [-0.39, 0.29) is 36.6 Å². The molecule has 4 N–H and O–H groups in total. The highest BCUT2D eigenvalue weighted by molar-refractivity contribution is 7.17. The first-order valence-electron chi connectivity index (χ1n) is 14.9. The number of phenolic OH excluding ortho intramolecular Hbond substituents is 1. The summed E-state index contributed by atoms with van der Waals surface area (Å²) in [6, 6.07) is 18.9. The number of aromatic hydroxyl groups is 1. The molecule has 236 valence electrons. The van der Waals surface area contributed by atoms with Gasteiger partial charge in [0.25, 0.3) is 11.8 Å². The molecule has 3 amide bonds. The molecule has 5 rings (SSSR count). The van der Waals surface area contributed by atoms with Crippen molar-refractivity contribution in [2.45, 2.75) is 69.6 Å². The van der Waals surface area contributed by atoms with Crippen LogP contribution in [-0.2, 0) is 16.0 Å². The van der Waals surface area contributed by atoms with E-state index in [0.717, 1.165) is 16.7 Å². The number of fused-ring (bicyclic) bond motifs is 1. The SMILES string of the molecule is Cc1c(O)cccc1C(=O)N[C@@H](Cc1ccc(-c2ccc3sccc3c2)cc1)[C@H](O)C(=O)N1C[C@@H](Cl)C[C@H]1C(=O)NC(C)(C)C. The lowest BCUT2D eigenvalue weighted by molar-refractivity contribution is -0.146. The third-order valence-corrected chi connectivity index (χ3v) is 9.24. The number of aliphatic hydroxyl groups excluding tert-OH is 1. The van der Waals surface area contributed by atoms with Crippen LogP contribution in [0.15, 0.2) is 72.1 Å². The molecule has 4 aromatic rings. The Balaban J connectivity index is 1.40. The molecule has 0 spiro atoms. The number of phenols is 1. The first kappa shape index (κ1) is 32.5. The highest BCUT2D eigenvalue weighted by atomic mass is 35.5. The maximum absolute atomic E-state index is 13.8. The van der Waals surface area contributed by atoms with E-state index < -0.39 is 40.9 Å². The predicted octanol–water partition coefficient (Wildman–Crippen LogP) is 5.41. The van der Waals surface area contributed by atoms with Crippen LogP contribution >= 0.6 is 22.9 Å². The second-order valence-corrected chi connectivity index (χ2v) is 14.2. The normalized spacial score (nSPS) is 18.0. The zero-order valence-corrected chi connectivity index (χ0v) is 27.3. The number of amides is 3. The van der Waals surface area contributed by atoms with Gasteiger partial charge < -0.3 is 25.7 Å². The lowest BCUT2D eigenvalue weighted by atomic mass is 9.96. The maximum atomic E-state index is 13.8. The average Bonchev–Trinajstić information content (AvgIpc) is 3.63. The van der Waals surface area contributed by atoms with E-state index in [4.69, 9.17) is 11.6 Å². The number of carbonyl (C=O) groups excluding carboxylic acids is 3. The lowest BCUT2D eigenvalue weighted by Crippen LogP contribution is -2.57. The molecule has 3 aromatic carbocycles. The molecule has 0 unspecified atom stereocenters. The molecule has 0 radical (unpaired) electrons. The highest BCUT2D eigenvalue weighted by Crippen LogP contribution is 2.29. The van der Waals surface area contributed by atoms with E-state index in [2.05, 4.69) is 40.3 Å². The Bertz CT molecular complexity index is 1710. The maximum Gasteiger partial charge on any atom is 0.254 e. The van der Waals surface area contributed by atoms with Gasteiger partial charge in [-0.05, 0) is 98.3 Å². The highest BCUT2D eigenvalue weighted by Gasteiger charge is 2.43. The van der Waals surface area contributed by atoms with Crippen molar-refractivity contribution < 1.29 is 24.6 Å². The number of thiophene rings is 1. The van der Waals surface area contributed by atoms with Gasteiger partial charge in [-0.25, -0.2) is 0 Å². The van der Waals surface area contributed by atoms with Gasteiger partial charge >= 0.3 is 0 Å². The molecule has 1 aromatic heterocycles. The molecule has 1 aliphatic heterocycles. The zero-order chi connectivity index (χ0) is 32.5. The smallest absolute Gasteiger partial charge is 0.254 e. The fourth-order valence-corrected chi connectivity index (χ4v) is 6.75. The van der Waals surface area contributed by atoms with Gasteiger partial charge in [0.2, 0.25) is 5.91 Å². The minimum Gasteiger partial charge on any atom is -0.508 e. The molecule has 1 aliphatic rings. The quantitative estimate of drug-likeness (QED) is 0.191. The lowest BCUT2D eigenvalue weighted by Gasteiger charge is -2.32.